The van der Waals surface area contributed by atoms with E-state index in [1.807, 2.05) is 0 Å². The Bertz CT molecular complexity index is 3200. The van der Waals surface area contributed by atoms with Gasteiger partial charge < -0.3 is 28.2 Å². The molecule has 0 fully saturated rings. The van der Waals surface area contributed by atoms with Crippen molar-refractivity contribution < 1.29 is 52.1 Å². The van der Waals surface area contributed by atoms with Crippen molar-refractivity contribution in [2.24, 2.45) is 0 Å². The SMILES string of the molecule is O=S(O)c1ccc(-c2c3nc(c(-c4ccc(S(=O)O)cc4)c4[n-]c(c(Br)c4Br)c(-c4ccc(S(=O)O)cc4)c4nc(c(-c5ccc(S(=O)O)cc5)c5[n-]c2c(Br)c5Br)C(Br)=C4Br)C(Br)=C3Br)cc1.[Mn+3]. The number of hydrogen-bond donors (Lipinski definition) is 4. The average Bonchev–Trinajstić information content (AvgIpc) is 3.98. The van der Waals surface area contributed by atoms with Crippen molar-refractivity contribution in [3.63, 3.8) is 0 Å². The predicted molar refractivity (Wildman–Crippen MR) is 297 cm³/mol. The first-order chi connectivity index (χ1) is 32.4. The monoisotopic (exact) mass is 1550 g/mol. The summed E-state index contributed by atoms with van der Waals surface area (Å²) in [5.74, 6) is 0. The molecule has 2 aliphatic heterocycles. The first kappa shape index (κ1) is 53.6. The van der Waals surface area contributed by atoms with Gasteiger partial charge in [-0.2, -0.15) is 0 Å². The molecule has 4 atom stereocenters. The van der Waals surface area contributed by atoms with E-state index in [2.05, 4.69) is 127 Å². The van der Waals surface area contributed by atoms with E-state index >= 15 is 0 Å². The third-order valence-corrected chi connectivity index (χ3v) is 21.6. The summed E-state index contributed by atoms with van der Waals surface area (Å²) in [7, 11) is 0. The molecule has 8 bridgehead atoms. The smallest absolute Gasteiger partial charge is 0.655 e. The first-order valence-corrected chi connectivity index (χ1v) is 29.6. The second-order valence-electron chi connectivity index (χ2n) is 14.3. The minimum Gasteiger partial charge on any atom is -0.655 e. The Morgan fingerprint density at radius 3 is 0.667 bits per heavy atom. The summed E-state index contributed by atoms with van der Waals surface area (Å²) in [4.78, 5) is 22.0. The van der Waals surface area contributed by atoms with Gasteiger partial charge in [0.2, 0.25) is 0 Å². The summed E-state index contributed by atoms with van der Waals surface area (Å²) in [5.41, 5.74) is 7.33. The van der Waals surface area contributed by atoms with Crippen molar-refractivity contribution in [3.8, 4) is 44.5 Å². The van der Waals surface area contributed by atoms with E-state index in [0.29, 0.717) is 125 Å². The Morgan fingerprint density at radius 2 is 0.507 bits per heavy atom. The molecular formula is C44H20Br8MnN4O8S4+. The van der Waals surface area contributed by atoms with Crippen LogP contribution in [0.2, 0.25) is 0 Å². The second kappa shape index (κ2) is 21.6. The number of benzene rings is 4. The summed E-state index contributed by atoms with van der Waals surface area (Å²) in [6.07, 6.45) is 0. The predicted octanol–water partition coefficient (Wildman–Crippen LogP) is 14.8. The van der Waals surface area contributed by atoms with E-state index in [9.17, 15) is 35.0 Å². The average molecular weight is 1560 g/mol. The summed E-state index contributed by atoms with van der Waals surface area (Å²) in [6, 6.07) is 25.8. The van der Waals surface area contributed by atoms with Crippen LogP contribution in [-0.2, 0) is 61.4 Å². The molecule has 9 rings (SSSR count). The molecule has 12 nitrogen and oxygen atoms in total. The topological polar surface area (TPSA) is 203 Å². The Hall–Kier alpha value is -1.72. The molecule has 0 aliphatic carbocycles. The molecule has 2 aliphatic rings. The molecule has 350 valence electrons. The number of nitrogens with zero attached hydrogens (tertiary/aromatic N) is 4. The van der Waals surface area contributed by atoms with Gasteiger partial charge in [0.25, 0.3) is 0 Å². The minimum absolute atomic E-state index is 0. The van der Waals surface area contributed by atoms with Crippen molar-refractivity contribution in [1.82, 2.24) is 19.9 Å². The standard InChI is InChI=1S/C44H20Br8N4O8S4.Mn/c45-29-31(47)39-26(18-3-11-22(12-4-18)66(59)60)41-33(49)35(51)43(55-41)28(20-7-15-24(16-8-20)68(63)64)44-36(52)34(50)42(56-44)27(19-5-13-23(14-6-19)67(61)62)40-32(48)30(46)38(54-40)25(37(29)53-39)17-1-9-21(10-2-17)65(57)58;/h1-16H,(H,57,58)(H,59,60)(H,61,62)(H,63,64);/q-2;+3. The number of halogens is 8. The normalized spacial score (nSPS) is 14.4. The molecule has 4 N–H and O–H groups in total. The molecule has 0 spiro atoms. The quantitative estimate of drug-likeness (QED) is 0.0829. The van der Waals surface area contributed by atoms with Gasteiger partial charge in [0, 0.05) is 17.9 Å². The fourth-order valence-corrected chi connectivity index (χ4v) is 12.8. The number of fused-ring (bicyclic) bond motifs is 8. The zero-order chi connectivity index (χ0) is 48.6. The van der Waals surface area contributed by atoms with Crippen LogP contribution in [0.4, 0.5) is 0 Å². The Morgan fingerprint density at radius 1 is 0.333 bits per heavy atom. The largest absolute Gasteiger partial charge is 3.00 e. The number of rotatable bonds is 8. The van der Waals surface area contributed by atoms with Crippen LogP contribution in [0.15, 0.2) is 135 Å². The van der Waals surface area contributed by atoms with Crippen LogP contribution >= 0.6 is 127 Å². The van der Waals surface area contributed by atoms with E-state index in [1.54, 1.807) is 48.5 Å². The van der Waals surface area contributed by atoms with Gasteiger partial charge in [-0.3, -0.25) is 0 Å². The maximum Gasteiger partial charge on any atom is 3.00 e. The third kappa shape index (κ3) is 9.90. The summed E-state index contributed by atoms with van der Waals surface area (Å²) >= 11 is 21.7. The van der Waals surface area contributed by atoms with Crippen molar-refractivity contribution in [1.29, 1.82) is 0 Å². The summed E-state index contributed by atoms with van der Waals surface area (Å²) in [6.45, 7) is 0. The Kier molecular flexibility index (Phi) is 16.8. The van der Waals surface area contributed by atoms with Gasteiger partial charge in [-0.15, -0.1) is 22.1 Å². The van der Waals surface area contributed by atoms with E-state index in [1.165, 1.54) is 48.5 Å². The van der Waals surface area contributed by atoms with Gasteiger partial charge in [0.1, 0.15) is 0 Å². The molecule has 0 amide bonds. The molecule has 4 aromatic carbocycles. The van der Waals surface area contributed by atoms with Gasteiger partial charge in [-0.25, -0.2) is 26.8 Å². The van der Waals surface area contributed by atoms with Gasteiger partial charge in [-0.05, 0) is 157 Å². The fraction of sp³-hybridized carbons (Fsp3) is 0. The fourth-order valence-electron chi connectivity index (χ4n) is 7.49. The first-order valence-electron chi connectivity index (χ1n) is 18.8. The molecule has 0 saturated heterocycles. The van der Waals surface area contributed by atoms with Crippen LogP contribution in [0, 0.1) is 0 Å². The third-order valence-electron chi connectivity index (χ3n) is 10.6. The van der Waals surface area contributed by atoms with E-state index in [0.717, 1.165) is 0 Å². The maximum atomic E-state index is 12.2. The van der Waals surface area contributed by atoms with E-state index in [4.69, 9.17) is 19.9 Å². The van der Waals surface area contributed by atoms with Gasteiger partial charge in [0.15, 0.2) is 44.3 Å². The molecular weight excluding hydrogens is 1530 g/mol. The number of hydrogen-bond acceptors (Lipinski definition) is 6. The molecule has 0 saturated carbocycles. The molecule has 4 unspecified atom stereocenters. The van der Waals surface area contributed by atoms with Crippen molar-refractivity contribution >= 4 is 212 Å². The van der Waals surface area contributed by atoms with Gasteiger partial charge >= 0.3 is 17.1 Å². The molecule has 0 radical (unpaired) electrons. The van der Waals surface area contributed by atoms with Gasteiger partial charge in [0.05, 0.1) is 60.3 Å². The van der Waals surface area contributed by atoms with E-state index in [-0.39, 0.29) is 36.7 Å². The van der Waals surface area contributed by atoms with E-state index < -0.39 is 44.3 Å². The van der Waals surface area contributed by atoms with Crippen molar-refractivity contribution in [2.75, 3.05) is 0 Å². The van der Waals surface area contributed by atoms with Crippen LogP contribution in [0.3, 0.4) is 0 Å². The maximum absolute atomic E-state index is 12.2. The second-order valence-corrected chi connectivity index (χ2v) is 24.6. The Labute approximate surface area is 479 Å². The molecule has 25 heteroatoms. The van der Waals surface area contributed by atoms with Crippen LogP contribution in [0.25, 0.3) is 84.5 Å². The van der Waals surface area contributed by atoms with Crippen LogP contribution in [0.5, 0.6) is 0 Å². The molecule has 5 heterocycles. The van der Waals surface area contributed by atoms with Crippen LogP contribution in [-0.4, -0.2) is 45.0 Å². The number of aromatic nitrogens is 4. The van der Waals surface area contributed by atoms with Crippen molar-refractivity contribution in [2.45, 2.75) is 19.6 Å². The van der Waals surface area contributed by atoms with Crippen LogP contribution in [0.1, 0.15) is 22.8 Å². The zero-order valence-corrected chi connectivity index (χ0v) is 50.6. The van der Waals surface area contributed by atoms with Crippen LogP contribution < -0.4 is 9.97 Å². The van der Waals surface area contributed by atoms with Crippen molar-refractivity contribution in [3.05, 3.63) is 138 Å². The minimum atomic E-state index is -2.27. The summed E-state index contributed by atoms with van der Waals surface area (Å²) < 4.78 is 92.7. The molecule has 7 aromatic rings. The Balaban J connectivity index is 0.00000642. The molecule has 69 heavy (non-hydrogen) atoms. The molecule has 3 aromatic heterocycles. The zero-order valence-electron chi connectivity index (χ0n) is 33.5. The summed E-state index contributed by atoms with van der Waals surface area (Å²) in [5, 5.41) is 0. The van der Waals surface area contributed by atoms with Gasteiger partial charge in [-0.1, -0.05) is 112 Å².